The first-order valence-corrected chi connectivity index (χ1v) is 6.23. The standard InChI is InChI=1S/C16H15NO2/c1-11-7-3-4-8-12(11)16(19)13-9-5-6-10-14(13)17(2)15(16)18/h3-10,19H,1-2H3/t16-/m0/s1. The minimum Gasteiger partial charge on any atom is -0.372 e. The van der Waals surface area contributed by atoms with Crippen LogP contribution in [0.15, 0.2) is 48.5 Å². The average molecular weight is 253 g/mol. The van der Waals surface area contributed by atoms with Crippen LogP contribution in [-0.2, 0) is 10.4 Å². The number of amides is 1. The van der Waals surface area contributed by atoms with E-state index in [9.17, 15) is 9.90 Å². The fourth-order valence-electron chi connectivity index (χ4n) is 2.78. The van der Waals surface area contributed by atoms with Crippen LogP contribution in [0.25, 0.3) is 0 Å². The van der Waals surface area contributed by atoms with Crippen molar-refractivity contribution in [2.45, 2.75) is 12.5 Å². The molecule has 0 aliphatic carbocycles. The molecule has 1 N–H and O–H groups in total. The summed E-state index contributed by atoms with van der Waals surface area (Å²) in [5.74, 6) is -0.303. The number of nitrogens with zero attached hydrogens (tertiary/aromatic N) is 1. The lowest BCUT2D eigenvalue weighted by Gasteiger charge is -2.24. The minimum absolute atomic E-state index is 0.303. The van der Waals surface area contributed by atoms with Crippen LogP contribution >= 0.6 is 0 Å². The lowest BCUT2D eigenvalue weighted by atomic mass is 9.85. The van der Waals surface area contributed by atoms with E-state index in [0.29, 0.717) is 11.1 Å². The van der Waals surface area contributed by atoms with Crippen LogP contribution < -0.4 is 4.90 Å². The van der Waals surface area contributed by atoms with Gasteiger partial charge < -0.3 is 10.0 Å². The molecule has 0 saturated carbocycles. The Morgan fingerprint density at radius 2 is 1.58 bits per heavy atom. The third-order valence-electron chi connectivity index (χ3n) is 3.80. The predicted molar refractivity (Wildman–Crippen MR) is 74.0 cm³/mol. The van der Waals surface area contributed by atoms with Crippen LogP contribution in [0.1, 0.15) is 16.7 Å². The number of carbonyl (C=O) groups is 1. The Bertz CT molecular complexity index is 665. The van der Waals surface area contributed by atoms with Gasteiger partial charge >= 0.3 is 0 Å². The SMILES string of the molecule is Cc1ccccc1[C@@]1(O)C(=O)N(C)c2ccccc21. The smallest absolute Gasteiger partial charge is 0.268 e. The van der Waals surface area contributed by atoms with Crippen LogP contribution in [0.2, 0.25) is 0 Å². The maximum atomic E-state index is 12.5. The summed E-state index contributed by atoms with van der Waals surface area (Å²) in [4.78, 5) is 14.0. The molecule has 1 aliphatic heterocycles. The molecule has 0 aromatic heterocycles. The molecule has 19 heavy (non-hydrogen) atoms. The highest BCUT2D eigenvalue weighted by molar-refractivity contribution is 6.08. The maximum Gasteiger partial charge on any atom is 0.268 e. The van der Waals surface area contributed by atoms with Crippen molar-refractivity contribution in [2.24, 2.45) is 0 Å². The second kappa shape index (κ2) is 3.93. The number of para-hydroxylation sites is 1. The molecule has 0 fully saturated rings. The summed E-state index contributed by atoms with van der Waals surface area (Å²) in [6.07, 6.45) is 0. The van der Waals surface area contributed by atoms with Crippen molar-refractivity contribution in [3.8, 4) is 0 Å². The molecule has 1 aliphatic rings. The molecular formula is C16H15NO2. The molecular weight excluding hydrogens is 238 g/mol. The molecule has 3 nitrogen and oxygen atoms in total. The van der Waals surface area contributed by atoms with Crippen molar-refractivity contribution in [3.63, 3.8) is 0 Å². The van der Waals surface area contributed by atoms with E-state index < -0.39 is 5.60 Å². The van der Waals surface area contributed by atoms with E-state index in [-0.39, 0.29) is 5.91 Å². The number of benzene rings is 2. The molecule has 1 atom stereocenters. The number of anilines is 1. The normalized spacial score (nSPS) is 21.6. The average Bonchev–Trinajstić information content (AvgIpc) is 2.63. The number of aryl methyl sites for hydroxylation is 1. The lowest BCUT2D eigenvalue weighted by Crippen LogP contribution is -2.39. The molecule has 2 aromatic carbocycles. The van der Waals surface area contributed by atoms with E-state index in [4.69, 9.17) is 0 Å². The van der Waals surface area contributed by atoms with Gasteiger partial charge in [0.1, 0.15) is 0 Å². The van der Waals surface area contributed by atoms with Gasteiger partial charge in [-0.05, 0) is 18.6 Å². The van der Waals surface area contributed by atoms with Crippen molar-refractivity contribution in [1.29, 1.82) is 0 Å². The predicted octanol–water partition coefficient (Wildman–Crippen LogP) is 2.21. The monoisotopic (exact) mass is 253 g/mol. The third-order valence-corrected chi connectivity index (χ3v) is 3.80. The minimum atomic E-state index is -1.57. The van der Waals surface area contributed by atoms with Gasteiger partial charge in [-0.1, -0.05) is 42.5 Å². The molecule has 0 spiro atoms. The van der Waals surface area contributed by atoms with Crippen molar-refractivity contribution < 1.29 is 9.90 Å². The molecule has 0 unspecified atom stereocenters. The zero-order valence-electron chi connectivity index (χ0n) is 10.9. The number of hydrogen-bond donors (Lipinski definition) is 1. The first-order chi connectivity index (χ1) is 9.06. The molecule has 3 heteroatoms. The fourth-order valence-corrected chi connectivity index (χ4v) is 2.78. The highest BCUT2D eigenvalue weighted by Gasteiger charge is 2.50. The zero-order chi connectivity index (χ0) is 13.6. The van der Waals surface area contributed by atoms with E-state index in [0.717, 1.165) is 11.3 Å². The summed E-state index contributed by atoms with van der Waals surface area (Å²) < 4.78 is 0. The summed E-state index contributed by atoms with van der Waals surface area (Å²) in [5.41, 5.74) is 1.40. The number of hydrogen-bond acceptors (Lipinski definition) is 2. The van der Waals surface area contributed by atoms with Crippen LogP contribution in [0.5, 0.6) is 0 Å². The maximum absolute atomic E-state index is 12.5. The molecule has 3 rings (SSSR count). The lowest BCUT2D eigenvalue weighted by molar-refractivity contribution is -0.131. The first-order valence-electron chi connectivity index (χ1n) is 6.23. The van der Waals surface area contributed by atoms with Gasteiger partial charge in [-0.2, -0.15) is 0 Å². The Morgan fingerprint density at radius 1 is 1.00 bits per heavy atom. The Kier molecular flexibility index (Phi) is 2.47. The summed E-state index contributed by atoms with van der Waals surface area (Å²) in [7, 11) is 1.69. The van der Waals surface area contributed by atoms with Crippen LogP contribution in [0, 0.1) is 6.92 Å². The van der Waals surface area contributed by atoms with E-state index in [2.05, 4.69) is 0 Å². The first kappa shape index (κ1) is 11.9. The van der Waals surface area contributed by atoms with Crippen LogP contribution in [0.4, 0.5) is 5.69 Å². The quantitative estimate of drug-likeness (QED) is 0.846. The number of aliphatic hydroxyl groups is 1. The van der Waals surface area contributed by atoms with Gasteiger partial charge in [-0.25, -0.2) is 0 Å². The largest absolute Gasteiger partial charge is 0.372 e. The summed E-state index contributed by atoms with van der Waals surface area (Å²) in [6, 6.07) is 14.8. The number of rotatable bonds is 1. The second-order valence-corrected chi connectivity index (χ2v) is 4.91. The Balaban J connectivity index is 2.31. The zero-order valence-corrected chi connectivity index (χ0v) is 10.9. The van der Waals surface area contributed by atoms with Gasteiger partial charge in [0.2, 0.25) is 0 Å². The molecule has 96 valence electrons. The van der Waals surface area contributed by atoms with Gasteiger partial charge in [-0.15, -0.1) is 0 Å². The van der Waals surface area contributed by atoms with Crippen molar-refractivity contribution >= 4 is 11.6 Å². The van der Waals surface area contributed by atoms with Gasteiger partial charge in [0, 0.05) is 18.2 Å². The van der Waals surface area contributed by atoms with Crippen molar-refractivity contribution in [1.82, 2.24) is 0 Å². The van der Waals surface area contributed by atoms with E-state index >= 15 is 0 Å². The van der Waals surface area contributed by atoms with E-state index in [1.165, 1.54) is 4.90 Å². The Labute approximate surface area is 112 Å². The Hall–Kier alpha value is -2.13. The van der Waals surface area contributed by atoms with E-state index in [1.54, 1.807) is 7.05 Å². The summed E-state index contributed by atoms with van der Waals surface area (Å²) in [5, 5.41) is 11.0. The van der Waals surface area contributed by atoms with E-state index in [1.807, 2.05) is 55.5 Å². The third kappa shape index (κ3) is 1.45. The Morgan fingerprint density at radius 3 is 2.26 bits per heavy atom. The van der Waals surface area contributed by atoms with Crippen molar-refractivity contribution in [2.75, 3.05) is 11.9 Å². The number of carbonyl (C=O) groups excluding carboxylic acids is 1. The molecule has 0 saturated heterocycles. The van der Waals surface area contributed by atoms with Gasteiger partial charge in [-0.3, -0.25) is 4.79 Å². The molecule has 0 bridgehead atoms. The second-order valence-electron chi connectivity index (χ2n) is 4.91. The number of fused-ring (bicyclic) bond motifs is 1. The topological polar surface area (TPSA) is 40.5 Å². The molecule has 1 amide bonds. The highest BCUT2D eigenvalue weighted by Crippen LogP contribution is 2.44. The molecule has 2 aromatic rings. The molecule has 0 radical (unpaired) electrons. The van der Waals surface area contributed by atoms with Gasteiger partial charge in [0.15, 0.2) is 5.60 Å². The number of likely N-dealkylation sites (N-methyl/N-ethyl adjacent to an activating group) is 1. The summed E-state index contributed by atoms with van der Waals surface area (Å²) in [6.45, 7) is 1.90. The van der Waals surface area contributed by atoms with Crippen LogP contribution in [0.3, 0.4) is 0 Å². The van der Waals surface area contributed by atoms with Gasteiger partial charge in [0.05, 0.1) is 5.69 Å². The summed E-state index contributed by atoms with van der Waals surface area (Å²) >= 11 is 0. The van der Waals surface area contributed by atoms with Gasteiger partial charge in [0.25, 0.3) is 5.91 Å². The van der Waals surface area contributed by atoms with Crippen molar-refractivity contribution in [3.05, 3.63) is 65.2 Å². The molecule has 1 heterocycles. The highest BCUT2D eigenvalue weighted by atomic mass is 16.3. The van der Waals surface area contributed by atoms with Crippen LogP contribution in [-0.4, -0.2) is 18.1 Å². The fraction of sp³-hybridized carbons (Fsp3) is 0.188.